The van der Waals surface area contributed by atoms with Gasteiger partial charge in [0, 0.05) is 0 Å². The Morgan fingerprint density at radius 3 is 2.73 bits per heavy atom. The van der Waals surface area contributed by atoms with Crippen LogP contribution >= 0.6 is 0 Å². The predicted octanol–water partition coefficient (Wildman–Crippen LogP) is 1.73. The summed E-state index contributed by atoms with van der Waals surface area (Å²) in [6.07, 6.45) is 1.15. The number of aryl methyl sites for hydroxylation is 2. The molecule has 0 saturated heterocycles. The fourth-order valence-electron chi connectivity index (χ4n) is 1.38. The predicted molar refractivity (Wildman–Crippen MR) is 59.7 cm³/mol. The second-order valence-electron chi connectivity index (χ2n) is 4.21. The monoisotopic (exact) mass is 207 g/mol. The van der Waals surface area contributed by atoms with Crippen LogP contribution in [0.1, 0.15) is 24.5 Å². The van der Waals surface area contributed by atoms with Gasteiger partial charge in [0.05, 0.1) is 0 Å². The van der Waals surface area contributed by atoms with Crippen LogP contribution in [-0.4, -0.2) is 16.6 Å². The maximum atomic E-state index is 10.8. The molecule has 0 aliphatic rings. The molecule has 1 aromatic carbocycles. The van der Waals surface area contributed by atoms with Crippen LogP contribution in [0.15, 0.2) is 24.3 Å². The quantitative estimate of drug-likeness (QED) is 0.790. The van der Waals surface area contributed by atoms with E-state index >= 15 is 0 Å². The molecule has 0 saturated carbocycles. The molecule has 0 aromatic heterocycles. The zero-order chi connectivity index (χ0) is 11.5. The Balaban J connectivity index is 2.61. The Kier molecular flexibility index (Phi) is 3.48. The first-order valence-corrected chi connectivity index (χ1v) is 4.99. The van der Waals surface area contributed by atoms with Crippen LogP contribution in [0.5, 0.6) is 0 Å². The minimum Gasteiger partial charge on any atom is -0.480 e. The number of benzene rings is 1. The van der Waals surface area contributed by atoms with Crippen LogP contribution in [0.2, 0.25) is 0 Å². The lowest BCUT2D eigenvalue weighted by atomic mass is 9.94. The Morgan fingerprint density at radius 1 is 1.53 bits per heavy atom. The summed E-state index contributed by atoms with van der Waals surface area (Å²) >= 11 is 0. The van der Waals surface area contributed by atoms with Gasteiger partial charge >= 0.3 is 5.97 Å². The van der Waals surface area contributed by atoms with Gasteiger partial charge in [-0.15, -0.1) is 0 Å². The summed E-state index contributed by atoms with van der Waals surface area (Å²) in [5, 5.41) is 8.85. The van der Waals surface area contributed by atoms with Crippen LogP contribution in [0.4, 0.5) is 0 Å². The average molecular weight is 207 g/mol. The molecule has 0 bridgehead atoms. The molecule has 0 spiro atoms. The fraction of sp³-hybridized carbons (Fsp3) is 0.417. The fourth-order valence-corrected chi connectivity index (χ4v) is 1.38. The molecule has 3 heteroatoms. The van der Waals surface area contributed by atoms with Gasteiger partial charge in [0.1, 0.15) is 5.54 Å². The van der Waals surface area contributed by atoms with Crippen molar-refractivity contribution in [1.29, 1.82) is 0 Å². The molecule has 1 atom stereocenters. The summed E-state index contributed by atoms with van der Waals surface area (Å²) < 4.78 is 0. The highest BCUT2D eigenvalue weighted by atomic mass is 16.4. The summed E-state index contributed by atoms with van der Waals surface area (Å²) in [5.41, 5.74) is 6.83. The van der Waals surface area contributed by atoms with E-state index in [1.165, 1.54) is 5.56 Å². The third kappa shape index (κ3) is 3.36. The standard InChI is InChI=1S/C12H17NO2/c1-9-4-3-5-10(8-9)6-7-12(2,13)11(14)15/h3-5,8H,6-7,13H2,1-2H3,(H,14,15). The summed E-state index contributed by atoms with van der Waals surface area (Å²) in [6.45, 7) is 3.56. The highest BCUT2D eigenvalue weighted by Gasteiger charge is 2.27. The second-order valence-corrected chi connectivity index (χ2v) is 4.21. The molecule has 82 valence electrons. The van der Waals surface area contributed by atoms with Crippen molar-refractivity contribution < 1.29 is 9.90 Å². The smallest absolute Gasteiger partial charge is 0.323 e. The Bertz CT molecular complexity index is 358. The van der Waals surface area contributed by atoms with Gasteiger partial charge in [0.15, 0.2) is 0 Å². The lowest BCUT2D eigenvalue weighted by Gasteiger charge is -2.18. The number of carboxylic acid groups (broad SMARTS) is 1. The SMILES string of the molecule is Cc1cccc(CCC(C)(N)C(=O)O)c1. The third-order valence-corrected chi connectivity index (χ3v) is 2.50. The number of aliphatic carboxylic acids is 1. The van der Waals surface area contributed by atoms with Crippen molar-refractivity contribution in [3.63, 3.8) is 0 Å². The van der Waals surface area contributed by atoms with E-state index < -0.39 is 11.5 Å². The number of hydrogen-bond acceptors (Lipinski definition) is 2. The minimum atomic E-state index is -1.14. The summed E-state index contributed by atoms with van der Waals surface area (Å²) in [5.74, 6) is -0.949. The van der Waals surface area contributed by atoms with Gasteiger partial charge in [-0.05, 0) is 32.3 Å². The summed E-state index contributed by atoms with van der Waals surface area (Å²) in [4.78, 5) is 10.8. The molecule has 3 nitrogen and oxygen atoms in total. The van der Waals surface area contributed by atoms with E-state index in [1.54, 1.807) is 6.92 Å². The molecule has 1 unspecified atom stereocenters. The van der Waals surface area contributed by atoms with E-state index in [2.05, 4.69) is 6.07 Å². The van der Waals surface area contributed by atoms with Crippen molar-refractivity contribution in [1.82, 2.24) is 0 Å². The van der Waals surface area contributed by atoms with Crippen molar-refractivity contribution in [2.75, 3.05) is 0 Å². The number of carboxylic acids is 1. The molecule has 15 heavy (non-hydrogen) atoms. The van der Waals surface area contributed by atoms with E-state index in [1.807, 2.05) is 25.1 Å². The highest BCUT2D eigenvalue weighted by molar-refractivity contribution is 5.77. The molecule has 0 aliphatic heterocycles. The average Bonchev–Trinajstić information content (AvgIpc) is 2.15. The second kappa shape index (κ2) is 4.45. The topological polar surface area (TPSA) is 63.3 Å². The minimum absolute atomic E-state index is 0.450. The molecule has 0 radical (unpaired) electrons. The van der Waals surface area contributed by atoms with Gasteiger partial charge in [-0.25, -0.2) is 0 Å². The van der Waals surface area contributed by atoms with Gasteiger partial charge in [0.25, 0.3) is 0 Å². The van der Waals surface area contributed by atoms with Gasteiger partial charge in [0.2, 0.25) is 0 Å². The lowest BCUT2D eigenvalue weighted by molar-refractivity contribution is -0.142. The molecule has 0 aliphatic carbocycles. The molecule has 0 fully saturated rings. The van der Waals surface area contributed by atoms with Crippen LogP contribution in [0.3, 0.4) is 0 Å². The van der Waals surface area contributed by atoms with E-state index in [9.17, 15) is 4.79 Å². The van der Waals surface area contributed by atoms with Crippen LogP contribution in [-0.2, 0) is 11.2 Å². The van der Waals surface area contributed by atoms with E-state index in [0.29, 0.717) is 12.8 Å². The van der Waals surface area contributed by atoms with Gasteiger partial charge in [-0.3, -0.25) is 4.79 Å². The number of carbonyl (C=O) groups is 1. The maximum absolute atomic E-state index is 10.8. The normalized spacial score (nSPS) is 14.6. The molecular formula is C12H17NO2. The van der Waals surface area contributed by atoms with Gasteiger partial charge in [-0.2, -0.15) is 0 Å². The molecule has 0 heterocycles. The maximum Gasteiger partial charge on any atom is 0.323 e. The molecule has 3 N–H and O–H groups in total. The summed E-state index contributed by atoms with van der Waals surface area (Å²) in [6, 6.07) is 8.03. The van der Waals surface area contributed by atoms with Crippen molar-refractivity contribution in [3.05, 3.63) is 35.4 Å². The van der Waals surface area contributed by atoms with Crippen molar-refractivity contribution in [2.45, 2.75) is 32.2 Å². The van der Waals surface area contributed by atoms with Gasteiger partial charge in [-0.1, -0.05) is 29.8 Å². The van der Waals surface area contributed by atoms with E-state index in [4.69, 9.17) is 10.8 Å². The summed E-state index contributed by atoms with van der Waals surface area (Å²) in [7, 11) is 0. The van der Waals surface area contributed by atoms with Crippen molar-refractivity contribution in [3.8, 4) is 0 Å². The van der Waals surface area contributed by atoms with E-state index in [-0.39, 0.29) is 0 Å². The first-order chi connectivity index (χ1) is 6.92. The lowest BCUT2D eigenvalue weighted by Crippen LogP contribution is -2.45. The van der Waals surface area contributed by atoms with Crippen LogP contribution in [0, 0.1) is 6.92 Å². The van der Waals surface area contributed by atoms with E-state index in [0.717, 1.165) is 5.56 Å². The van der Waals surface area contributed by atoms with Crippen LogP contribution < -0.4 is 5.73 Å². The number of rotatable bonds is 4. The van der Waals surface area contributed by atoms with Crippen LogP contribution in [0.25, 0.3) is 0 Å². The largest absolute Gasteiger partial charge is 0.480 e. The Morgan fingerprint density at radius 2 is 2.20 bits per heavy atom. The first-order valence-electron chi connectivity index (χ1n) is 4.99. The third-order valence-electron chi connectivity index (χ3n) is 2.50. The molecule has 1 rings (SSSR count). The zero-order valence-electron chi connectivity index (χ0n) is 9.16. The molecule has 1 aromatic rings. The molecule has 0 amide bonds. The Hall–Kier alpha value is -1.35. The number of nitrogens with two attached hydrogens (primary N) is 1. The highest BCUT2D eigenvalue weighted by Crippen LogP contribution is 2.13. The van der Waals surface area contributed by atoms with Gasteiger partial charge < -0.3 is 10.8 Å². The first kappa shape index (κ1) is 11.7. The number of hydrogen-bond donors (Lipinski definition) is 2. The Labute approximate surface area is 89.9 Å². The molecular weight excluding hydrogens is 190 g/mol. The zero-order valence-corrected chi connectivity index (χ0v) is 9.16. The van der Waals surface area contributed by atoms with Crippen molar-refractivity contribution >= 4 is 5.97 Å². The van der Waals surface area contributed by atoms with Crippen molar-refractivity contribution in [2.24, 2.45) is 5.73 Å².